The van der Waals surface area contributed by atoms with Crippen LogP contribution < -0.4 is 0 Å². The lowest BCUT2D eigenvalue weighted by Gasteiger charge is -2.58. The molecule has 4 aliphatic carbocycles. The second-order valence-corrected chi connectivity index (χ2v) is 10.5. The highest BCUT2D eigenvalue weighted by atomic mass is 16.5. The summed E-state index contributed by atoms with van der Waals surface area (Å²) in [6, 6.07) is 0. The van der Waals surface area contributed by atoms with E-state index >= 15 is 0 Å². The summed E-state index contributed by atoms with van der Waals surface area (Å²) < 4.78 is 6.33. The van der Waals surface area contributed by atoms with Crippen LogP contribution in [0.3, 0.4) is 0 Å². The lowest BCUT2D eigenvalue weighted by molar-refractivity contribution is -0.112. The second-order valence-electron chi connectivity index (χ2n) is 10.5. The molecule has 0 bridgehead atoms. The van der Waals surface area contributed by atoms with E-state index in [-0.39, 0.29) is 16.8 Å². The molecule has 7 unspecified atom stereocenters. The Morgan fingerprint density at radius 2 is 1.88 bits per heavy atom. The smallest absolute Gasteiger partial charge is 0.178 e. The maximum atomic E-state index is 11.9. The van der Waals surface area contributed by atoms with Crippen molar-refractivity contribution in [3.63, 3.8) is 0 Å². The third-order valence-electron chi connectivity index (χ3n) is 9.54. The standard InChI is InChI=1S/C24H34O2/c1-22-12-9-17(25)15-16(22)5-6-18-19-7-8-21(24(3)11-4-14-26-24)23(19,2)13-10-20(18)22/h9,12,15,18-21H,4-8,10-11,13-14H2,1-3H3. The van der Waals surface area contributed by atoms with Gasteiger partial charge in [0.1, 0.15) is 0 Å². The first kappa shape index (κ1) is 17.2. The lowest BCUT2D eigenvalue weighted by atomic mass is 9.47. The molecule has 3 saturated carbocycles. The first-order valence-electron chi connectivity index (χ1n) is 10.9. The van der Waals surface area contributed by atoms with Crippen molar-refractivity contribution in [1.82, 2.24) is 0 Å². The van der Waals surface area contributed by atoms with Gasteiger partial charge in [0.25, 0.3) is 0 Å². The van der Waals surface area contributed by atoms with E-state index in [1.54, 1.807) is 0 Å². The average Bonchev–Trinajstić information content (AvgIpc) is 3.19. The highest BCUT2D eigenvalue weighted by molar-refractivity contribution is 6.01. The Hall–Kier alpha value is -0.890. The topological polar surface area (TPSA) is 26.3 Å². The van der Waals surface area contributed by atoms with Gasteiger partial charge in [-0.05, 0) is 99.5 Å². The Morgan fingerprint density at radius 1 is 1.04 bits per heavy atom. The van der Waals surface area contributed by atoms with Gasteiger partial charge in [-0.1, -0.05) is 25.5 Å². The van der Waals surface area contributed by atoms with Gasteiger partial charge in [0, 0.05) is 12.0 Å². The van der Waals surface area contributed by atoms with Gasteiger partial charge in [-0.25, -0.2) is 0 Å². The number of carbonyl (C=O) groups is 1. The largest absolute Gasteiger partial charge is 0.375 e. The SMILES string of the molecule is CC1(C2CCC3C4CCC5=CC(=O)C=CC5(C)C4CCC32C)CCCO1. The zero-order valence-electron chi connectivity index (χ0n) is 16.7. The number of fused-ring (bicyclic) bond motifs is 5. The molecule has 1 saturated heterocycles. The fourth-order valence-corrected chi connectivity index (χ4v) is 8.28. The van der Waals surface area contributed by atoms with Gasteiger partial charge in [0.2, 0.25) is 0 Å². The summed E-state index contributed by atoms with van der Waals surface area (Å²) in [5, 5.41) is 0. The van der Waals surface area contributed by atoms with E-state index in [1.807, 2.05) is 12.2 Å². The van der Waals surface area contributed by atoms with Gasteiger partial charge >= 0.3 is 0 Å². The van der Waals surface area contributed by atoms with Crippen molar-refractivity contribution in [3.8, 4) is 0 Å². The van der Waals surface area contributed by atoms with Crippen LogP contribution in [0.1, 0.15) is 72.1 Å². The molecule has 1 heterocycles. The Morgan fingerprint density at radius 3 is 2.65 bits per heavy atom. The van der Waals surface area contributed by atoms with Crippen molar-refractivity contribution in [2.24, 2.45) is 34.5 Å². The summed E-state index contributed by atoms with van der Waals surface area (Å²) in [5.41, 5.74) is 2.11. The fourth-order valence-electron chi connectivity index (χ4n) is 8.28. The van der Waals surface area contributed by atoms with Crippen molar-refractivity contribution in [3.05, 3.63) is 23.8 Å². The van der Waals surface area contributed by atoms with Crippen molar-refractivity contribution in [2.75, 3.05) is 6.61 Å². The van der Waals surface area contributed by atoms with Crippen LogP contribution in [0.15, 0.2) is 23.8 Å². The molecule has 0 amide bonds. The van der Waals surface area contributed by atoms with E-state index in [4.69, 9.17) is 4.74 Å². The highest BCUT2D eigenvalue weighted by Crippen LogP contribution is 2.68. The fraction of sp³-hybridized carbons (Fsp3) is 0.792. The van der Waals surface area contributed by atoms with Crippen molar-refractivity contribution in [1.29, 1.82) is 0 Å². The van der Waals surface area contributed by atoms with Gasteiger partial charge in [0.15, 0.2) is 5.78 Å². The molecule has 0 aromatic rings. The normalized spacial score (nSPS) is 53.0. The van der Waals surface area contributed by atoms with Gasteiger partial charge in [-0.3, -0.25) is 4.79 Å². The molecule has 0 spiro atoms. The van der Waals surface area contributed by atoms with Crippen LogP contribution in [0.5, 0.6) is 0 Å². The summed E-state index contributed by atoms with van der Waals surface area (Å²) in [4.78, 5) is 11.9. The molecule has 142 valence electrons. The molecule has 7 atom stereocenters. The van der Waals surface area contributed by atoms with Crippen molar-refractivity contribution < 1.29 is 9.53 Å². The number of ether oxygens (including phenoxy) is 1. The number of carbonyl (C=O) groups excluding carboxylic acids is 1. The predicted octanol–water partition coefficient (Wildman–Crippen LogP) is 5.48. The summed E-state index contributed by atoms with van der Waals surface area (Å²) in [7, 11) is 0. The first-order valence-corrected chi connectivity index (χ1v) is 10.9. The number of rotatable bonds is 1. The lowest BCUT2D eigenvalue weighted by Crippen LogP contribution is -2.52. The van der Waals surface area contributed by atoms with Crippen molar-refractivity contribution in [2.45, 2.75) is 77.7 Å². The van der Waals surface area contributed by atoms with Crippen LogP contribution >= 0.6 is 0 Å². The maximum Gasteiger partial charge on any atom is 0.178 e. The minimum Gasteiger partial charge on any atom is -0.375 e. The van der Waals surface area contributed by atoms with Crippen LogP contribution in [0.25, 0.3) is 0 Å². The first-order chi connectivity index (χ1) is 12.4. The van der Waals surface area contributed by atoms with E-state index in [0.717, 1.165) is 36.7 Å². The number of hydrogen-bond acceptors (Lipinski definition) is 2. The van der Waals surface area contributed by atoms with Crippen LogP contribution in [0.2, 0.25) is 0 Å². The Labute approximate surface area is 158 Å². The van der Waals surface area contributed by atoms with Gasteiger partial charge in [-0.2, -0.15) is 0 Å². The quantitative estimate of drug-likeness (QED) is 0.623. The summed E-state index contributed by atoms with van der Waals surface area (Å²) in [6.07, 6.45) is 16.4. The summed E-state index contributed by atoms with van der Waals surface area (Å²) >= 11 is 0. The van der Waals surface area contributed by atoms with E-state index < -0.39 is 0 Å². The van der Waals surface area contributed by atoms with E-state index in [1.165, 1.54) is 50.5 Å². The summed E-state index contributed by atoms with van der Waals surface area (Å²) in [6.45, 7) is 8.38. The van der Waals surface area contributed by atoms with E-state index in [9.17, 15) is 4.79 Å². The third kappa shape index (κ3) is 2.17. The van der Waals surface area contributed by atoms with Crippen LogP contribution in [0, 0.1) is 34.5 Å². The van der Waals surface area contributed by atoms with Crippen LogP contribution in [-0.4, -0.2) is 18.0 Å². The second kappa shape index (κ2) is 5.56. The molecule has 0 aromatic heterocycles. The third-order valence-corrected chi connectivity index (χ3v) is 9.54. The van der Waals surface area contributed by atoms with Gasteiger partial charge in [-0.15, -0.1) is 0 Å². The molecule has 1 aliphatic heterocycles. The van der Waals surface area contributed by atoms with Gasteiger partial charge < -0.3 is 4.74 Å². The minimum atomic E-state index is 0.122. The zero-order valence-corrected chi connectivity index (χ0v) is 16.7. The number of hydrogen-bond donors (Lipinski definition) is 0. The maximum absolute atomic E-state index is 11.9. The monoisotopic (exact) mass is 354 g/mol. The Kier molecular flexibility index (Phi) is 3.69. The molecule has 2 heteroatoms. The number of allylic oxidation sites excluding steroid dienone is 4. The molecule has 0 N–H and O–H groups in total. The Balaban J connectivity index is 1.46. The molecular formula is C24H34O2. The average molecular weight is 355 g/mol. The molecule has 26 heavy (non-hydrogen) atoms. The minimum absolute atomic E-state index is 0.122. The van der Waals surface area contributed by atoms with Crippen LogP contribution in [-0.2, 0) is 9.53 Å². The zero-order chi connectivity index (χ0) is 18.2. The Bertz CT molecular complexity index is 682. The van der Waals surface area contributed by atoms with E-state index in [0.29, 0.717) is 5.41 Å². The molecule has 5 aliphatic rings. The van der Waals surface area contributed by atoms with E-state index in [2.05, 4.69) is 26.8 Å². The van der Waals surface area contributed by atoms with Crippen molar-refractivity contribution >= 4 is 5.78 Å². The molecule has 4 fully saturated rings. The molecule has 2 nitrogen and oxygen atoms in total. The summed E-state index contributed by atoms with van der Waals surface area (Å²) in [5.74, 6) is 3.32. The molecule has 5 rings (SSSR count). The molecule has 0 radical (unpaired) electrons. The number of ketones is 1. The molecular weight excluding hydrogens is 320 g/mol. The van der Waals surface area contributed by atoms with Crippen LogP contribution in [0.4, 0.5) is 0 Å². The molecule has 0 aromatic carbocycles. The van der Waals surface area contributed by atoms with Gasteiger partial charge in [0.05, 0.1) is 5.60 Å². The predicted molar refractivity (Wildman–Crippen MR) is 104 cm³/mol. The highest BCUT2D eigenvalue weighted by Gasteiger charge is 2.62.